The summed E-state index contributed by atoms with van der Waals surface area (Å²) in [5, 5.41) is 0.679. The third-order valence-electron chi connectivity index (χ3n) is 5.82. The van der Waals surface area contributed by atoms with E-state index in [1.54, 1.807) is 12.1 Å². The molecule has 2 amide bonds. The first kappa shape index (κ1) is 21.9. The minimum atomic E-state index is 0.167. The van der Waals surface area contributed by atoms with E-state index in [4.69, 9.17) is 16.3 Å². The molecule has 0 radical (unpaired) electrons. The van der Waals surface area contributed by atoms with Gasteiger partial charge in [-0.15, -0.1) is 0 Å². The van der Waals surface area contributed by atoms with Crippen molar-refractivity contribution in [3.05, 3.63) is 29.3 Å². The summed E-state index contributed by atoms with van der Waals surface area (Å²) in [6.07, 6.45) is 4.61. The highest BCUT2D eigenvalue weighted by Gasteiger charge is 2.27. The smallest absolute Gasteiger partial charge is 0.236 e. The number of nitrogens with zero attached hydrogens (tertiary/aromatic N) is 3. The highest BCUT2D eigenvalue weighted by Crippen LogP contribution is 2.18. The third-order valence-corrected chi connectivity index (χ3v) is 6.08. The minimum absolute atomic E-state index is 0.167. The van der Waals surface area contributed by atoms with Crippen molar-refractivity contribution >= 4 is 23.4 Å². The minimum Gasteiger partial charge on any atom is -0.494 e. The summed E-state index contributed by atoms with van der Waals surface area (Å²) in [7, 11) is 0. The van der Waals surface area contributed by atoms with Gasteiger partial charge in [-0.05, 0) is 56.9 Å². The number of likely N-dealkylation sites (tertiary alicyclic amines) is 1. The van der Waals surface area contributed by atoms with E-state index in [0.29, 0.717) is 50.1 Å². The Morgan fingerprint density at radius 1 is 1.03 bits per heavy atom. The van der Waals surface area contributed by atoms with Crippen molar-refractivity contribution < 1.29 is 14.3 Å². The Morgan fingerprint density at radius 2 is 1.76 bits per heavy atom. The molecule has 1 aromatic carbocycles. The second kappa shape index (κ2) is 10.8. The van der Waals surface area contributed by atoms with Crippen molar-refractivity contribution in [1.29, 1.82) is 0 Å². The van der Waals surface area contributed by atoms with E-state index in [-0.39, 0.29) is 11.8 Å². The largest absolute Gasteiger partial charge is 0.494 e. The Kier molecular flexibility index (Phi) is 8.19. The molecule has 0 spiro atoms. The predicted octanol–water partition coefficient (Wildman–Crippen LogP) is 3.04. The van der Waals surface area contributed by atoms with Crippen molar-refractivity contribution in [2.75, 3.05) is 45.9 Å². The number of ether oxygens (including phenoxy) is 1. The van der Waals surface area contributed by atoms with Gasteiger partial charge in [-0.25, -0.2) is 0 Å². The van der Waals surface area contributed by atoms with Crippen LogP contribution in [-0.4, -0.2) is 78.4 Å². The Morgan fingerprint density at radius 3 is 2.45 bits per heavy atom. The number of carbonyl (C=O) groups excluding carboxylic acids is 2. The number of halogens is 1. The van der Waals surface area contributed by atoms with E-state index in [1.165, 1.54) is 6.42 Å². The molecule has 6 nitrogen and oxygen atoms in total. The fourth-order valence-electron chi connectivity index (χ4n) is 4.01. The Hall–Kier alpha value is -1.79. The number of hydrogen-bond acceptors (Lipinski definition) is 4. The number of benzene rings is 1. The van der Waals surface area contributed by atoms with Gasteiger partial charge in [0, 0.05) is 50.2 Å². The van der Waals surface area contributed by atoms with Crippen LogP contribution in [0.4, 0.5) is 0 Å². The zero-order valence-electron chi connectivity index (χ0n) is 17.3. The molecule has 3 rings (SSSR count). The van der Waals surface area contributed by atoms with Crippen LogP contribution in [0, 0.1) is 0 Å². The second-order valence-electron chi connectivity index (χ2n) is 7.99. The average molecular weight is 422 g/mol. The standard InChI is InChI=1S/C22H32ClN3O3/c1-18-5-2-3-11-26(18)22(28)17-24-12-14-25(15-13-24)21(27)6-4-16-29-20-9-7-19(23)8-10-20/h7-10,18H,2-6,11-17H2,1H3. The van der Waals surface area contributed by atoms with Gasteiger partial charge in [0.05, 0.1) is 13.2 Å². The normalized spacial score (nSPS) is 20.6. The summed E-state index contributed by atoms with van der Waals surface area (Å²) in [5.74, 6) is 1.17. The maximum absolute atomic E-state index is 12.6. The summed E-state index contributed by atoms with van der Waals surface area (Å²) in [4.78, 5) is 31.1. The number of carbonyl (C=O) groups is 2. The van der Waals surface area contributed by atoms with Gasteiger partial charge >= 0.3 is 0 Å². The van der Waals surface area contributed by atoms with Crippen molar-refractivity contribution in [2.24, 2.45) is 0 Å². The van der Waals surface area contributed by atoms with Gasteiger partial charge in [-0.3, -0.25) is 14.5 Å². The van der Waals surface area contributed by atoms with Gasteiger partial charge in [0.2, 0.25) is 11.8 Å². The zero-order valence-corrected chi connectivity index (χ0v) is 18.1. The molecule has 0 aromatic heterocycles. The van der Waals surface area contributed by atoms with Crippen LogP contribution in [0.1, 0.15) is 39.0 Å². The van der Waals surface area contributed by atoms with Gasteiger partial charge in [-0.1, -0.05) is 11.6 Å². The monoisotopic (exact) mass is 421 g/mol. The number of rotatable bonds is 7. The first-order chi connectivity index (χ1) is 14.0. The molecule has 7 heteroatoms. The molecule has 2 fully saturated rings. The molecule has 1 aromatic rings. The molecule has 1 atom stereocenters. The first-order valence-electron chi connectivity index (χ1n) is 10.7. The number of amides is 2. The fourth-order valence-corrected chi connectivity index (χ4v) is 4.13. The molecule has 2 heterocycles. The summed E-state index contributed by atoms with van der Waals surface area (Å²) >= 11 is 5.85. The Labute approximate surface area is 178 Å². The lowest BCUT2D eigenvalue weighted by Crippen LogP contribution is -2.53. The van der Waals surface area contributed by atoms with E-state index >= 15 is 0 Å². The lowest BCUT2D eigenvalue weighted by molar-refractivity contribution is -0.137. The highest BCUT2D eigenvalue weighted by molar-refractivity contribution is 6.30. The maximum atomic E-state index is 12.6. The Balaban J connectivity index is 1.31. The summed E-state index contributed by atoms with van der Waals surface area (Å²) < 4.78 is 5.65. The molecule has 0 aliphatic carbocycles. The molecule has 2 aliphatic heterocycles. The lowest BCUT2D eigenvalue weighted by Gasteiger charge is -2.38. The van der Waals surface area contributed by atoms with Crippen molar-refractivity contribution in [3.63, 3.8) is 0 Å². The zero-order chi connectivity index (χ0) is 20.6. The van der Waals surface area contributed by atoms with E-state index in [9.17, 15) is 9.59 Å². The van der Waals surface area contributed by atoms with Crippen LogP contribution < -0.4 is 4.74 Å². The van der Waals surface area contributed by atoms with Crippen molar-refractivity contribution in [3.8, 4) is 5.75 Å². The van der Waals surface area contributed by atoms with Gasteiger partial charge in [0.15, 0.2) is 0 Å². The van der Waals surface area contributed by atoms with Crippen LogP contribution in [0.5, 0.6) is 5.75 Å². The highest BCUT2D eigenvalue weighted by atomic mass is 35.5. The molecule has 0 bridgehead atoms. The number of piperidine rings is 1. The molecule has 2 saturated heterocycles. The summed E-state index contributed by atoms with van der Waals surface area (Å²) in [6.45, 7) is 6.93. The van der Waals surface area contributed by atoms with Gasteiger partial charge < -0.3 is 14.5 Å². The first-order valence-corrected chi connectivity index (χ1v) is 11.1. The van der Waals surface area contributed by atoms with Gasteiger partial charge in [0.25, 0.3) is 0 Å². The second-order valence-corrected chi connectivity index (χ2v) is 8.43. The summed E-state index contributed by atoms with van der Waals surface area (Å²) in [5.41, 5.74) is 0. The molecule has 160 valence electrons. The van der Waals surface area contributed by atoms with Crippen LogP contribution >= 0.6 is 11.6 Å². The average Bonchev–Trinajstić information content (AvgIpc) is 2.73. The third kappa shape index (κ3) is 6.61. The molecular formula is C22H32ClN3O3. The Bertz CT molecular complexity index is 674. The van der Waals surface area contributed by atoms with Crippen LogP contribution in [0.3, 0.4) is 0 Å². The van der Waals surface area contributed by atoms with Crippen LogP contribution in [0.15, 0.2) is 24.3 Å². The molecular weight excluding hydrogens is 390 g/mol. The van der Waals surface area contributed by atoms with Crippen LogP contribution in [0.25, 0.3) is 0 Å². The number of hydrogen-bond donors (Lipinski definition) is 0. The van der Waals surface area contributed by atoms with Gasteiger partial charge in [0.1, 0.15) is 5.75 Å². The topological polar surface area (TPSA) is 53.1 Å². The van der Waals surface area contributed by atoms with Crippen molar-refractivity contribution in [2.45, 2.75) is 45.1 Å². The van der Waals surface area contributed by atoms with E-state index in [0.717, 1.165) is 38.2 Å². The maximum Gasteiger partial charge on any atom is 0.236 e. The molecule has 0 saturated carbocycles. The molecule has 0 N–H and O–H groups in total. The molecule has 2 aliphatic rings. The van der Waals surface area contributed by atoms with Crippen molar-refractivity contribution in [1.82, 2.24) is 14.7 Å². The lowest BCUT2D eigenvalue weighted by atomic mass is 10.0. The summed E-state index contributed by atoms with van der Waals surface area (Å²) in [6, 6.07) is 7.59. The fraction of sp³-hybridized carbons (Fsp3) is 0.636. The quantitative estimate of drug-likeness (QED) is 0.635. The van der Waals surface area contributed by atoms with Gasteiger partial charge in [-0.2, -0.15) is 0 Å². The van der Waals surface area contributed by atoms with Crippen LogP contribution in [-0.2, 0) is 9.59 Å². The van der Waals surface area contributed by atoms with E-state index in [2.05, 4.69) is 11.8 Å². The van der Waals surface area contributed by atoms with E-state index in [1.807, 2.05) is 21.9 Å². The molecule has 29 heavy (non-hydrogen) atoms. The van der Waals surface area contributed by atoms with Crippen LogP contribution in [0.2, 0.25) is 5.02 Å². The SMILES string of the molecule is CC1CCCCN1C(=O)CN1CCN(C(=O)CCCOc2ccc(Cl)cc2)CC1. The molecule has 1 unspecified atom stereocenters. The predicted molar refractivity (Wildman–Crippen MR) is 114 cm³/mol. The van der Waals surface area contributed by atoms with E-state index < -0.39 is 0 Å². The number of piperazine rings is 1.